The van der Waals surface area contributed by atoms with Gasteiger partial charge >= 0.3 is 5.97 Å². The molecular weight excluding hydrogens is 212 g/mol. The highest BCUT2D eigenvalue weighted by Gasteiger charge is 2.51. The van der Waals surface area contributed by atoms with Gasteiger partial charge in [-0.15, -0.1) is 0 Å². The normalized spacial score (nSPS) is 29.6. The number of hydrogen-bond acceptors (Lipinski definition) is 1. The topological polar surface area (TPSA) is 37.3 Å². The minimum Gasteiger partial charge on any atom is -0.481 e. The number of hydrogen-bond donors (Lipinski definition) is 1. The van der Waals surface area contributed by atoms with E-state index >= 15 is 0 Å². The van der Waals surface area contributed by atoms with E-state index in [9.17, 15) is 9.90 Å². The first kappa shape index (κ1) is 10.5. The highest BCUT2D eigenvalue weighted by Crippen LogP contribution is 2.49. The largest absolute Gasteiger partial charge is 0.481 e. The molecule has 0 saturated heterocycles. The predicted molar refractivity (Wildman–Crippen MR) is 59.2 cm³/mol. The molecule has 2 atom stereocenters. The molecule has 1 aromatic rings. The molecule has 2 nitrogen and oxygen atoms in total. The van der Waals surface area contributed by atoms with Gasteiger partial charge in [-0.25, -0.2) is 0 Å². The lowest BCUT2D eigenvalue weighted by Gasteiger charge is -2.44. The summed E-state index contributed by atoms with van der Waals surface area (Å²) in [5.74, 6) is -0.544. The van der Waals surface area contributed by atoms with Gasteiger partial charge in [0.05, 0.1) is 5.41 Å². The SMILES string of the molecule is CC1CCC1(C(=O)O)c1cccc(Cl)c1. The van der Waals surface area contributed by atoms with Crippen LogP contribution in [-0.4, -0.2) is 11.1 Å². The Morgan fingerprint density at radius 2 is 2.33 bits per heavy atom. The van der Waals surface area contributed by atoms with E-state index in [1.807, 2.05) is 19.1 Å². The average molecular weight is 225 g/mol. The average Bonchev–Trinajstić information content (AvgIpc) is 2.16. The maximum absolute atomic E-state index is 11.4. The van der Waals surface area contributed by atoms with Crippen molar-refractivity contribution in [2.75, 3.05) is 0 Å². The van der Waals surface area contributed by atoms with Crippen molar-refractivity contribution in [2.45, 2.75) is 25.2 Å². The number of rotatable bonds is 2. The number of aliphatic carboxylic acids is 1. The zero-order valence-electron chi connectivity index (χ0n) is 8.53. The van der Waals surface area contributed by atoms with Crippen LogP contribution in [0.2, 0.25) is 5.02 Å². The summed E-state index contributed by atoms with van der Waals surface area (Å²) in [4.78, 5) is 11.4. The van der Waals surface area contributed by atoms with Gasteiger partial charge in [-0.3, -0.25) is 4.79 Å². The van der Waals surface area contributed by atoms with Crippen LogP contribution in [0.5, 0.6) is 0 Å². The van der Waals surface area contributed by atoms with Crippen LogP contribution in [-0.2, 0) is 10.2 Å². The van der Waals surface area contributed by atoms with E-state index in [1.165, 1.54) is 0 Å². The summed E-state index contributed by atoms with van der Waals surface area (Å²) in [6.07, 6.45) is 1.68. The molecule has 0 bridgehead atoms. The Kier molecular flexibility index (Phi) is 2.47. The first-order valence-corrected chi connectivity index (χ1v) is 5.44. The van der Waals surface area contributed by atoms with Crippen molar-refractivity contribution in [2.24, 2.45) is 5.92 Å². The molecule has 0 aliphatic heterocycles. The fourth-order valence-corrected chi connectivity index (χ4v) is 2.55. The summed E-state index contributed by atoms with van der Waals surface area (Å²) < 4.78 is 0. The Hall–Kier alpha value is -1.02. The first-order chi connectivity index (χ1) is 7.07. The van der Waals surface area contributed by atoms with E-state index < -0.39 is 11.4 Å². The molecule has 1 aromatic carbocycles. The van der Waals surface area contributed by atoms with Gasteiger partial charge in [-0.2, -0.15) is 0 Å². The molecule has 1 aliphatic carbocycles. The maximum Gasteiger partial charge on any atom is 0.314 e. The van der Waals surface area contributed by atoms with Crippen LogP contribution < -0.4 is 0 Å². The third kappa shape index (κ3) is 1.44. The van der Waals surface area contributed by atoms with Gasteiger partial charge in [0.25, 0.3) is 0 Å². The maximum atomic E-state index is 11.4. The molecule has 1 N–H and O–H groups in total. The van der Waals surface area contributed by atoms with E-state index in [0.29, 0.717) is 11.4 Å². The zero-order valence-corrected chi connectivity index (χ0v) is 9.29. The number of carboxylic acids is 1. The Balaban J connectivity index is 2.47. The molecule has 0 radical (unpaired) electrons. The molecule has 3 heteroatoms. The number of benzene rings is 1. The summed E-state index contributed by atoms with van der Waals surface area (Å²) in [7, 11) is 0. The van der Waals surface area contributed by atoms with E-state index in [-0.39, 0.29) is 5.92 Å². The molecule has 0 spiro atoms. The molecule has 1 aliphatic rings. The van der Waals surface area contributed by atoms with Gasteiger partial charge in [-0.1, -0.05) is 30.7 Å². The molecule has 0 heterocycles. The minimum atomic E-state index is -0.733. The van der Waals surface area contributed by atoms with Crippen molar-refractivity contribution in [1.82, 2.24) is 0 Å². The summed E-state index contributed by atoms with van der Waals surface area (Å²) in [5.41, 5.74) is 0.131. The van der Waals surface area contributed by atoms with Gasteiger partial charge in [0.2, 0.25) is 0 Å². The van der Waals surface area contributed by atoms with E-state index in [0.717, 1.165) is 12.0 Å². The second-order valence-corrected chi connectivity index (χ2v) is 4.66. The third-order valence-electron chi connectivity index (χ3n) is 3.53. The third-order valence-corrected chi connectivity index (χ3v) is 3.77. The molecule has 0 amide bonds. The fraction of sp³-hybridized carbons (Fsp3) is 0.417. The Bertz CT molecular complexity index is 402. The van der Waals surface area contributed by atoms with Gasteiger partial charge < -0.3 is 5.11 Å². The monoisotopic (exact) mass is 224 g/mol. The van der Waals surface area contributed by atoms with Crippen molar-refractivity contribution < 1.29 is 9.90 Å². The lowest BCUT2D eigenvalue weighted by Crippen LogP contribution is -2.49. The van der Waals surface area contributed by atoms with Gasteiger partial charge in [0.15, 0.2) is 0 Å². The smallest absolute Gasteiger partial charge is 0.314 e. The highest BCUT2D eigenvalue weighted by atomic mass is 35.5. The summed E-state index contributed by atoms with van der Waals surface area (Å²) in [6.45, 7) is 1.98. The lowest BCUT2D eigenvalue weighted by molar-refractivity contribution is -0.151. The van der Waals surface area contributed by atoms with Crippen LogP contribution in [0.1, 0.15) is 25.3 Å². The Morgan fingerprint density at radius 1 is 1.60 bits per heavy atom. The Morgan fingerprint density at radius 3 is 2.73 bits per heavy atom. The molecule has 0 aromatic heterocycles. The molecule has 15 heavy (non-hydrogen) atoms. The molecule has 80 valence electrons. The van der Waals surface area contributed by atoms with Crippen molar-refractivity contribution in [3.05, 3.63) is 34.9 Å². The minimum absolute atomic E-state index is 0.188. The van der Waals surface area contributed by atoms with Crippen molar-refractivity contribution in [3.8, 4) is 0 Å². The second kappa shape index (κ2) is 3.53. The van der Waals surface area contributed by atoms with E-state index in [4.69, 9.17) is 11.6 Å². The highest BCUT2D eigenvalue weighted by molar-refractivity contribution is 6.30. The summed E-state index contributed by atoms with van der Waals surface area (Å²) >= 11 is 5.89. The van der Waals surface area contributed by atoms with Crippen molar-refractivity contribution in [1.29, 1.82) is 0 Å². The standard InChI is InChI=1S/C12H13ClO2/c1-8-5-6-12(8,11(14)15)9-3-2-4-10(13)7-9/h2-4,7-8H,5-6H2,1H3,(H,14,15). The van der Waals surface area contributed by atoms with Crippen LogP contribution in [0.3, 0.4) is 0 Å². The summed E-state index contributed by atoms with van der Waals surface area (Å²) in [6, 6.07) is 7.21. The molecule has 2 unspecified atom stereocenters. The van der Waals surface area contributed by atoms with Gasteiger partial charge in [0, 0.05) is 5.02 Å². The second-order valence-electron chi connectivity index (χ2n) is 4.23. The van der Waals surface area contributed by atoms with Crippen LogP contribution >= 0.6 is 11.6 Å². The molecule has 1 saturated carbocycles. The predicted octanol–water partition coefficient (Wildman–Crippen LogP) is 3.09. The van der Waals surface area contributed by atoms with Crippen LogP contribution in [0, 0.1) is 5.92 Å². The van der Waals surface area contributed by atoms with Gasteiger partial charge in [-0.05, 0) is 36.5 Å². The number of carbonyl (C=O) groups is 1. The molecule has 2 rings (SSSR count). The Labute approximate surface area is 93.9 Å². The van der Waals surface area contributed by atoms with Crippen LogP contribution in [0.15, 0.2) is 24.3 Å². The molecule has 1 fully saturated rings. The number of halogens is 1. The summed E-state index contributed by atoms with van der Waals surface area (Å²) in [5, 5.41) is 9.96. The van der Waals surface area contributed by atoms with E-state index in [1.54, 1.807) is 12.1 Å². The lowest BCUT2D eigenvalue weighted by atomic mass is 9.57. The van der Waals surface area contributed by atoms with Crippen LogP contribution in [0.4, 0.5) is 0 Å². The van der Waals surface area contributed by atoms with Gasteiger partial charge in [0.1, 0.15) is 0 Å². The molecular formula is C12H13ClO2. The number of carboxylic acid groups (broad SMARTS) is 1. The van der Waals surface area contributed by atoms with Crippen LogP contribution in [0.25, 0.3) is 0 Å². The van der Waals surface area contributed by atoms with E-state index in [2.05, 4.69) is 0 Å². The van der Waals surface area contributed by atoms with Crippen molar-refractivity contribution >= 4 is 17.6 Å². The zero-order chi connectivity index (χ0) is 11.1. The quantitative estimate of drug-likeness (QED) is 0.838. The first-order valence-electron chi connectivity index (χ1n) is 5.07. The van der Waals surface area contributed by atoms with Crippen molar-refractivity contribution in [3.63, 3.8) is 0 Å². The fourth-order valence-electron chi connectivity index (χ4n) is 2.36.